The molecule has 80 valence electrons. The molecule has 1 fully saturated rings. The predicted molar refractivity (Wildman–Crippen MR) is 61.2 cm³/mol. The summed E-state index contributed by atoms with van der Waals surface area (Å²) in [6, 6.07) is 0.903. The average molecular weight is 194 g/mol. The molecule has 2 nitrogen and oxygen atoms in total. The van der Waals surface area contributed by atoms with Gasteiger partial charge in [-0.3, -0.25) is 0 Å². The van der Waals surface area contributed by atoms with Crippen molar-refractivity contribution >= 4 is 0 Å². The van der Waals surface area contributed by atoms with Crippen molar-refractivity contribution in [2.45, 2.75) is 51.1 Å². The van der Waals surface area contributed by atoms with Gasteiger partial charge in [-0.15, -0.1) is 6.42 Å². The first kappa shape index (κ1) is 11.6. The van der Waals surface area contributed by atoms with E-state index in [1.165, 1.54) is 25.8 Å². The number of terminal acetylenes is 1. The first-order chi connectivity index (χ1) is 6.86. The van der Waals surface area contributed by atoms with E-state index in [1.54, 1.807) is 0 Å². The summed E-state index contributed by atoms with van der Waals surface area (Å²) in [5.74, 6) is 2.80. The number of nitrogens with one attached hydrogen (secondary N) is 2. The van der Waals surface area contributed by atoms with Crippen molar-refractivity contribution < 1.29 is 0 Å². The maximum Gasteiger partial charge on any atom is 0.0687 e. The fourth-order valence-electron chi connectivity index (χ4n) is 1.92. The summed E-state index contributed by atoms with van der Waals surface area (Å²) >= 11 is 0. The molecule has 2 unspecified atom stereocenters. The molecular formula is C12H22N2. The number of piperidine rings is 1. The van der Waals surface area contributed by atoms with Crippen LogP contribution >= 0.6 is 0 Å². The minimum absolute atomic E-state index is 0.267. The van der Waals surface area contributed by atoms with E-state index in [-0.39, 0.29) is 6.04 Å². The second kappa shape index (κ2) is 6.86. The summed E-state index contributed by atoms with van der Waals surface area (Å²) in [7, 11) is 0. The first-order valence-electron chi connectivity index (χ1n) is 5.79. The SMILES string of the molecule is C#CC(CCC)NCC1CCCCN1. The van der Waals surface area contributed by atoms with E-state index in [4.69, 9.17) is 6.42 Å². The minimum Gasteiger partial charge on any atom is -0.313 e. The van der Waals surface area contributed by atoms with Crippen molar-refractivity contribution in [1.29, 1.82) is 0 Å². The van der Waals surface area contributed by atoms with Gasteiger partial charge in [0.2, 0.25) is 0 Å². The minimum atomic E-state index is 0.267. The van der Waals surface area contributed by atoms with Crippen molar-refractivity contribution in [3.05, 3.63) is 0 Å². The van der Waals surface area contributed by atoms with Gasteiger partial charge in [0.1, 0.15) is 0 Å². The molecule has 2 N–H and O–H groups in total. The van der Waals surface area contributed by atoms with Crippen LogP contribution in [-0.2, 0) is 0 Å². The number of hydrogen-bond donors (Lipinski definition) is 2. The second-order valence-corrected chi connectivity index (χ2v) is 4.06. The first-order valence-corrected chi connectivity index (χ1v) is 5.79. The fourth-order valence-corrected chi connectivity index (χ4v) is 1.92. The van der Waals surface area contributed by atoms with Gasteiger partial charge in [-0.05, 0) is 25.8 Å². The lowest BCUT2D eigenvalue weighted by Crippen LogP contribution is -2.44. The highest BCUT2D eigenvalue weighted by molar-refractivity contribution is 4.98. The Bertz CT molecular complexity index is 177. The Morgan fingerprint density at radius 2 is 2.43 bits per heavy atom. The Morgan fingerprint density at radius 3 is 3.00 bits per heavy atom. The summed E-state index contributed by atoms with van der Waals surface area (Å²) in [6.07, 6.45) is 11.6. The van der Waals surface area contributed by atoms with E-state index < -0.39 is 0 Å². The van der Waals surface area contributed by atoms with Crippen molar-refractivity contribution in [1.82, 2.24) is 10.6 Å². The lowest BCUT2D eigenvalue weighted by molar-refractivity contribution is 0.373. The topological polar surface area (TPSA) is 24.1 Å². The molecule has 0 saturated carbocycles. The maximum absolute atomic E-state index is 5.44. The van der Waals surface area contributed by atoms with E-state index in [0.717, 1.165) is 19.4 Å². The van der Waals surface area contributed by atoms with Gasteiger partial charge >= 0.3 is 0 Å². The summed E-state index contributed by atoms with van der Waals surface area (Å²) in [4.78, 5) is 0. The third-order valence-electron chi connectivity index (χ3n) is 2.80. The summed E-state index contributed by atoms with van der Waals surface area (Å²) < 4.78 is 0. The maximum atomic E-state index is 5.44. The zero-order chi connectivity index (χ0) is 10.2. The normalized spacial score (nSPS) is 24.1. The second-order valence-electron chi connectivity index (χ2n) is 4.06. The molecule has 2 heteroatoms. The van der Waals surface area contributed by atoms with Crippen LogP contribution in [0.1, 0.15) is 39.0 Å². The third kappa shape index (κ3) is 4.13. The lowest BCUT2D eigenvalue weighted by atomic mass is 10.0. The quantitative estimate of drug-likeness (QED) is 0.648. The van der Waals surface area contributed by atoms with Gasteiger partial charge in [0.15, 0.2) is 0 Å². The summed E-state index contributed by atoms with van der Waals surface area (Å²) in [6.45, 7) is 4.36. The molecule has 1 heterocycles. The molecular weight excluding hydrogens is 172 g/mol. The molecule has 1 saturated heterocycles. The van der Waals surface area contributed by atoms with Crippen LogP contribution < -0.4 is 10.6 Å². The van der Waals surface area contributed by atoms with E-state index in [1.807, 2.05) is 0 Å². The smallest absolute Gasteiger partial charge is 0.0687 e. The van der Waals surface area contributed by atoms with Crippen LogP contribution in [0, 0.1) is 12.3 Å². The molecule has 0 radical (unpaired) electrons. The summed E-state index contributed by atoms with van der Waals surface area (Å²) in [5.41, 5.74) is 0. The highest BCUT2D eigenvalue weighted by atomic mass is 15.0. The van der Waals surface area contributed by atoms with Gasteiger partial charge < -0.3 is 10.6 Å². The molecule has 0 bridgehead atoms. The molecule has 1 aliphatic rings. The largest absolute Gasteiger partial charge is 0.313 e. The Balaban J connectivity index is 2.14. The zero-order valence-electron chi connectivity index (χ0n) is 9.18. The molecule has 0 aromatic heterocycles. The monoisotopic (exact) mass is 194 g/mol. The van der Waals surface area contributed by atoms with Crippen molar-refractivity contribution in [3.8, 4) is 12.3 Å². The van der Waals surface area contributed by atoms with E-state index >= 15 is 0 Å². The highest BCUT2D eigenvalue weighted by Crippen LogP contribution is 2.06. The third-order valence-corrected chi connectivity index (χ3v) is 2.80. The average Bonchev–Trinajstić information content (AvgIpc) is 2.25. The van der Waals surface area contributed by atoms with Crippen molar-refractivity contribution in [2.75, 3.05) is 13.1 Å². The van der Waals surface area contributed by atoms with Crippen molar-refractivity contribution in [2.24, 2.45) is 0 Å². The van der Waals surface area contributed by atoms with E-state index in [9.17, 15) is 0 Å². The van der Waals surface area contributed by atoms with Crippen LogP contribution in [0.4, 0.5) is 0 Å². The highest BCUT2D eigenvalue weighted by Gasteiger charge is 2.13. The van der Waals surface area contributed by atoms with Crippen molar-refractivity contribution in [3.63, 3.8) is 0 Å². The van der Waals surface area contributed by atoms with Gasteiger partial charge in [0.25, 0.3) is 0 Å². The molecule has 0 spiro atoms. The Morgan fingerprint density at radius 1 is 1.57 bits per heavy atom. The van der Waals surface area contributed by atoms with Crippen LogP contribution in [0.5, 0.6) is 0 Å². The fraction of sp³-hybridized carbons (Fsp3) is 0.833. The molecule has 14 heavy (non-hydrogen) atoms. The van der Waals surface area contributed by atoms with Gasteiger partial charge in [0, 0.05) is 12.6 Å². The predicted octanol–water partition coefficient (Wildman–Crippen LogP) is 1.52. The van der Waals surface area contributed by atoms with E-state index in [0.29, 0.717) is 6.04 Å². The van der Waals surface area contributed by atoms with Gasteiger partial charge in [-0.1, -0.05) is 25.7 Å². The molecule has 0 aromatic carbocycles. The Hall–Kier alpha value is -0.520. The number of rotatable bonds is 5. The molecule has 1 rings (SSSR count). The zero-order valence-corrected chi connectivity index (χ0v) is 9.18. The number of hydrogen-bond acceptors (Lipinski definition) is 2. The van der Waals surface area contributed by atoms with E-state index in [2.05, 4.69) is 23.5 Å². The van der Waals surface area contributed by atoms with Gasteiger partial charge in [0.05, 0.1) is 6.04 Å². The van der Waals surface area contributed by atoms with Crippen LogP contribution in [0.2, 0.25) is 0 Å². The van der Waals surface area contributed by atoms with Gasteiger partial charge in [-0.25, -0.2) is 0 Å². The van der Waals surface area contributed by atoms with Crippen LogP contribution in [0.25, 0.3) is 0 Å². The summed E-state index contributed by atoms with van der Waals surface area (Å²) in [5, 5.41) is 6.95. The Kier molecular flexibility index (Phi) is 5.66. The van der Waals surface area contributed by atoms with Crippen LogP contribution in [0.3, 0.4) is 0 Å². The molecule has 1 aliphatic heterocycles. The standard InChI is InChI=1S/C12H22N2/c1-3-7-11(4-2)14-10-12-8-5-6-9-13-12/h2,11-14H,3,5-10H2,1H3. The van der Waals surface area contributed by atoms with Gasteiger partial charge in [-0.2, -0.15) is 0 Å². The molecule has 0 aromatic rings. The lowest BCUT2D eigenvalue weighted by Gasteiger charge is -2.25. The molecule has 0 amide bonds. The molecule has 0 aliphatic carbocycles. The van der Waals surface area contributed by atoms with Crippen LogP contribution in [0.15, 0.2) is 0 Å². The molecule has 2 atom stereocenters. The Labute approximate surface area is 87.8 Å². The van der Waals surface area contributed by atoms with Crippen LogP contribution in [-0.4, -0.2) is 25.2 Å².